The van der Waals surface area contributed by atoms with E-state index in [1.54, 1.807) is 0 Å². The SMILES string of the molecule is Cc1sc(NC(=O)CSc2nc(-c3ccccc3)c(-c3ccccc3)[nH]2)c(C#N)c1C. The Bertz CT molecular complexity index is 1200. The van der Waals surface area contributed by atoms with Crippen molar-refractivity contribution in [1.29, 1.82) is 5.26 Å². The van der Waals surface area contributed by atoms with Crippen molar-refractivity contribution in [3.05, 3.63) is 76.7 Å². The van der Waals surface area contributed by atoms with Gasteiger partial charge < -0.3 is 10.3 Å². The number of aromatic nitrogens is 2. The highest BCUT2D eigenvalue weighted by molar-refractivity contribution is 7.99. The number of H-pyrrole nitrogens is 1. The minimum absolute atomic E-state index is 0.165. The number of benzene rings is 2. The number of aryl methyl sites for hydroxylation is 1. The number of thiophene rings is 1. The second-order valence-corrected chi connectivity index (χ2v) is 9.12. The number of carbonyl (C=O) groups excluding carboxylic acids is 1. The van der Waals surface area contributed by atoms with Crippen LogP contribution in [0.3, 0.4) is 0 Å². The molecule has 4 aromatic rings. The molecule has 0 aliphatic rings. The highest BCUT2D eigenvalue weighted by Gasteiger charge is 2.17. The minimum Gasteiger partial charge on any atom is -0.332 e. The number of amides is 1. The molecule has 0 fully saturated rings. The second kappa shape index (κ2) is 9.21. The molecule has 2 aromatic carbocycles. The summed E-state index contributed by atoms with van der Waals surface area (Å²) in [7, 11) is 0. The molecule has 0 radical (unpaired) electrons. The van der Waals surface area contributed by atoms with E-state index in [0.29, 0.717) is 15.7 Å². The van der Waals surface area contributed by atoms with Gasteiger partial charge in [-0.05, 0) is 19.4 Å². The predicted octanol–water partition coefficient (Wildman–Crippen LogP) is 6.02. The van der Waals surface area contributed by atoms with Crippen LogP contribution in [0.5, 0.6) is 0 Å². The van der Waals surface area contributed by atoms with Gasteiger partial charge in [-0.2, -0.15) is 5.26 Å². The summed E-state index contributed by atoms with van der Waals surface area (Å²) in [5.74, 6) is 0.0262. The molecule has 0 atom stereocenters. The Labute approximate surface area is 189 Å². The number of nitrogens with zero attached hydrogens (tertiary/aromatic N) is 2. The number of nitrogens with one attached hydrogen (secondary N) is 2. The average Bonchev–Trinajstić information content (AvgIpc) is 3.34. The number of carbonyl (C=O) groups is 1. The van der Waals surface area contributed by atoms with E-state index in [1.165, 1.54) is 23.1 Å². The van der Waals surface area contributed by atoms with Gasteiger partial charge in [0, 0.05) is 16.0 Å². The summed E-state index contributed by atoms with van der Waals surface area (Å²) in [6.45, 7) is 3.85. The van der Waals surface area contributed by atoms with Crippen LogP contribution in [0.1, 0.15) is 16.0 Å². The summed E-state index contributed by atoms with van der Waals surface area (Å²) in [6, 6.07) is 22.2. The second-order valence-electron chi connectivity index (χ2n) is 6.93. The van der Waals surface area contributed by atoms with Crippen LogP contribution in [-0.4, -0.2) is 21.6 Å². The molecule has 0 spiro atoms. The van der Waals surface area contributed by atoms with Gasteiger partial charge in [-0.1, -0.05) is 72.4 Å². The Kier molecular flexibility index (Phi) is 6.21. The number of aromatic amines is 1. The summed E-state index contributed by atoms with van der Waals surface area (Å²) in [6.07, 6.45) is 0. The van der Waals surface area contributed by atoms with Crippen LogP contribution < -0.4 is 5.32 Å². The van der Waals surface area contributed by atoms with Crippen LogP contribution in [0.4, 0.5) is 5.00 Å². The fraction of sp³-hybridized carbons (Fsp3) is 0.125. The van der Waals surface area contributed by atoms with Crippen molar-refractivity contribution in [2.45, 2.75) is 19.0 Å². The van der Waals surface area contributed by atoms with E-state index in [4.69, 9.17) is 4.98 Å². The quantitative estimate of drug-likeness (QED) is 0.356. The Morgan fingerprint density at radius 3 is 2.39 bits per heavy atom. The van der Waals surface area contributed by atoms with Gasteiger partial charge in [-0.3, -0.25) is 4.79 Å². The maximum atomic E-state index is 12.5. The van der Waals surface area contributed by atoms with E-state index in [9.17, 15) is 10.1 Å². The zero-order valence-electron chi connectivity index (χ0n) is 17.1. The lowest BCUT2D eigenvalue weighted by molar-refractivity contribution is -0.113. The molecule has 7 heteroatoms. The Hall–Kier alpha value is -3.34. The van der Waals surface area contributed by atoms with Crippen LogP contribution in [0, 0.1) is 25.2 Å². The van der Waals surface area contributed by atoms with Crippen LogP contribution in [0.25, 0.3) is 22.5 Å². The minimum atomic E-state index is -0.165. The summed E-state index contributed by atoms with van der Waals surface area (Å²) in [5, 5.41) is 13.5. The number of thioether (sulfide) groups is 1. The number of anilines is 1. The van der Waals surface area contributed by atoms with Crippen molar-refractivity contribution in [1.82, 2.24) is 9.97 Å². The highest BCUT2D eigenvalue weighted by atomic mass is 32.2. The van der Waals surface area contributed by atoms with E-state index in [0.717, 1.165) is 33.0 Å². The lowest BCUT2D eigenvalue weighted by Crippen LogP contribution is -2.14. The predicted molar refractivity (Wildman–Crippen MR) is 127 cm³/mol. The van der Waals surface area contributed by atoms with Crippen LogP contribution in [0.2, 0.25) is 0 Å². The van der Waals surface area contributed by atoms with E-state index in [2.05, 4.69) is 16.4 Å². The fourth-order valence-electron chi connectivity index (χ4n) is 3.18. The summed E-state index contributed by atoms with van der Waals surface area (Å²) < 4.78 is 0. The van der Waals surface area contributed by atoms with E-state index < -0.39 is 0 Å². The molecule has 2 N–H and O–H groups in total. The van der Waals surface area contributed by atoms with Gasteiger partial charge in [0.25, 0.3) is 0 Å². The number of imidazole rings is 1. The van der Waals surface area contributed by atoms with Crippen molar-refractivity contribution < 1.29 is 4.79 Å². The fourth-order valence-corrected chi connectivity index (χ4v) is 4.88. The molecule has 0 unspecified atom stereocenters. The monoisotopic (exact) mass is 444 g/mol. The van der Waals surface area contributed by atoms with Crippen LogP contribution >= 0.6 is 23.1 Å². The van der Waals surface area contributed by atoms with Crippen molar-refractivity contribution >= 4 is 34.0 Å². The summed E-state index contributed by atoms with van der Waals surface area (Å²) in [5.41, 5.74) is 5.28. The van der Waals surface area contributed by atoms with Gasteiger partial charge in [-0.25, -0.2) is 4.98 Å². The van der Waals surface area contributed by atoms with Gasteiger partial charge in [0.1, 0.15) is 11.1 Å². The summed E-state index contributed by atoms with van der Waals surface area (Å²) in [4.78, 5) is 21.7. The maximum Gasteiger partial charge on any atom is 0.235 e. The molecule has 2 heterocycles. The lowest BCUT2D eigenvalue weighted by atomic mass is 10.1. The number of hydrogen-bond donors (Lipinski definition) is 2. The largest absolute Gasteiger partial charge is 0.332 e. The first-order chi connectivity index (χ1) is 15.1. The van der Waals surface area contributed by atoms with E-state index >= 15 is 0 Å². The van der Waals surface area contributed by atoms with Gasteiger partial charge >= 0.3 is 0 Å². The Balaban J connectivity index is 1.54. The third-order valence-electron chi connectivity index (χ3n) is 4.88. The van der Waals surface area contributed by atoms with Crippen molar-refractivity contribution in [2.24, 2.45) is 0 Å². The van der Waals surface area contributed by atoms with E-state index in [1.807, 2.05) is 74.5 Å². The Morgan fingerprint density at radius 2 is 1.74 bits per heavy atom. The zero-order chi connectivity index (χ0) is 21.8. The number of rotatable bonds is 6. The summed E-state index contributed by atoms with van der Waals surface area (Å²) >= 11 is 2.77. The topological polar surface area (TPSA) is 81.6 Å². The molecule has 2 aromatic heterocycles. The smallest absolute Gasteiger partial charge is 0.235 e. The van der Waals surface area contributed by atoms with Gasteiger partial charge in [0.2, 0.25) is 5.91 Å². The highest BCUT2D eigenvalue weighted by Crippen LogP contribution is 2.34. The molecule has 0 saturated carbocycles. The third kappa shape index (κ3) is 4.55. The molecular formula is C24H20N4OS2. The molecule has 1 amide bonds. The molecule has 5 nitrogen and oxygen atoms in total. The zero-order valence-corrected chi connectivity index (χ0v) is 18.7. The molecule has 0 saturated heterocycles. The van der Waals surface area contributed by atoms with Crippen molar-refractivity contribution in [3.63, 3.8) is 0 Å². The van der Waals surface area contributed by atoms with Crippen LogP contribution in [0.15, 0.2) is 65.8 Å². The maximum absolute atomic E-state index is 12.5. The number of hydrogen-bond acceptors (Lipinski definition) is 5. The third-order valence-corrected chi connectivity index (χ3v) is 6.88. The molecule has 4 rings (SSSR count). The molecule has 0 bridgehead atoms. The Morgan fingerprint density at radius 1 is 1.10 bits per heavy atom. The molecule has 0 aliphatic carbocycles. The normalized spacial score (nSPS) is 10.6. The van der Waals surface area contributed by atoms with Crippen LogP contribution in [-0.2, 0) is 4.79 Å². The first-order valence-electron chi connectivity index (χ1n) is 9.70. The van der Waals surface area contributed by atoms with Gasteiger partial charge in [0.15, 0.2) is 5.16 Å². The molecular weight excluding hydrogens is 424 g/mol. The standard InChI is InChI=1S/C24H20N4OS2/c1-15-16(2)31-23(19(15)13-25)26-20(29)14-30-24-27-21(17-9-5-3-6-10-17)22(28-24)18-11-7-4-8-12-18/h3-12H,14H2,1-2H3,(H,26,29)(H,27,28). The molecule has 0 aliphatic heterocycles. The number of nitriles is 1. The molecule has 154 valence electrons. The van der Waals surface area contributed by atoms with Gasteiger partial charge in [0.05, 0.1) is 22.7 Å². The first kappa shape index (κ1) is 20.9. The average molecular weight is 445 g/mol. The van der Waals surface area contributed by atoms with E-state index in [-0.39, 0.29) is 11.7 Å². The van der Waals surface area contributed by atoms with Gasteiger partial charge in [-0.15, -0.1) is 11.3 Å². The first-order valence-corrected chi connectivity index (χ1v) is 11.5. The van der Waals surface area contributed by atoms with Crippen molar-refractivity contribution in [3.8, 4) is 28.6 Å². The lowest BCUT2D eigenvalue weighted by Gasteiger charge is -2.02. The van der Waals surface area contributed by atoms with Crippen molar-refractivity contribution in [2.75, 3.05) is 11.1 Å². The molecule has 31 heavy (non-hydrogen) atoms.